The van der Waals surface area contributed by atoms with Gasteiger partial charge >= 0.3 is 0 Å². The van der Waals surface area contributed by atoms with Crippen molar-refractivity contribution in [2.75, 3.05) is 6.61 Å². The van der Waals surface area contributed by atoms with Crippen LogP contribution in [0.25, 0.3) is 0 Å². The summed E-state index contributed by atoms with van der Waals surface area (Å²) in [5, 5.41) is 9.11. The summed E-state index contributed by atoms with van der Waals surface area (Å²) in [6.07, 6.45) is 8.56. The summed E-state index contributed by atoms with van der Waals surface area (Å²) in [6, 6.07) is 6.88. The molecule has 0 spiro atoms. The van der Waals surface area contributed by atoms with Gasteiger partial charge in [-0.1, -0.05) is 45.4 Å². The molecule has 0 unspecified atom stereocenters. The van der Waals surface area contributed by atoms with Crippen molar-refractivity contribution < 1.29 is 9.84 Å². The first-order valence-corrected chi connectivity index (χ1v) is 6.54. The Bertz CT molecular complexity index is 279. The van der Waals surface area contributed by atoms with Crippen molar-refractivity contribution in [2.24, 2.45) is 0 Å². The Labute approximate surface area is 105 Å². The Morgan fingerprint density at radius 3 is 2.12 bits per heavy atom. The molecule has 0 aliphatic carbocycles. The van der Waals surface area contributed by atoms with E-state index in [1.165, 1.54) is 32.1 Å². The minimum atomic E-state index is 0.280. The minimum Gasteiger partial charge on any atom is -0.508 e. The summed E-state index contributed by atoms with van der Waals surface area (Å²) in [5.41, 5.74) is 0. The van der Waals surface area contributed by atoms with Crippen molar-refractivity contribution in [3.8, 4) is 11.5 Å². The van der Waals surface area contributed by atoms with Gasteiger partial charge in [-0.25, -0.2) is 0 Å². The fourth-order valence-electron chi connectivity index (χ4n) is 1.72. The zero-order valence-electron chi connectivity index (χ0n) is 10.5. The lowest BCUT2D eigenvalue weighted by Gasteiger charge is -2.06. The molecule has 0 atom stereocenters. The molecule has 0 saturated carbocycles. The lowest BCUT2D eigenvalue weighted by Crippen LogP contribution is -1.96. The molecule has 1 radical (unpaired) electrons. The van der Waals surface area contributed by atoms with Crippen molar-refractivity contribution in [3.05, 3.63) is 31.2 Å². The van der Waals surface area contributed by atoms with Crippen molar-refractivity contribution in [1.82, 2.24) is 0 Å². The summed E-state index contributed by atoms with van der Waals surface area (Å²) in [5.74, 6) is 1.11. The SMILES string of the molecule is [CH2]CCCCCCCCOc1ccc(O)cc1. The normalized spacial score (nSPS) is 10.4. The Balaban J connectivity index is 1.95. The van der Waals surface area contributed by atoms with Gasteiger partial charge in [0.2, 0.25) is 0 Å². The number of ether oxygens (including phenoxy) is 1. The van der Waals surface area contributed by atoms with E-state index in [4.69, 9.17) is 9.84 Å². The molecular weight excluding hydrogens is 212 g/mol. The topological polar surface area (TPSA) is 29.5 Å². The van der Waals surface area contributed by atoms with Crippen LogP contribution in [0, 0.1) is 6.92 Å². The molecular formula is C15H23O2. The number of unbranched alkanes of at least 4 members (excludes halogenated alkanes) is 6. The molecule has 1 N–H and O–H groups in total. The maximum absolute atomic E-state index is 9.11. The second-order valence-electron chi connectivity index (χ2n) is 4.32. The summed E-state index contributed by atoms with van der Waals surface area (Å²) in [7, 11) is 0. The second-order valence-corrected chi connectivity index (χ2v) is 4.32. The van der Waals surface area contributed by atoms with E-state index < -0.39 is 0 Å². The average Bonchev–Trinajstić information content (AvgIpc) is 2.35. The van der Waals surface area contributed by atoms with E-state index in [2.05, 4.69) is 6.92 Å². The predicted molar refractivity (Wildman–Crippen MR) is 71.3 cm³/mol. The van der Waals surface area contributed by atoms with Gasteiger partial charge in [-0.2, -0.15) is 0 Å². The zero-order chi connectivity index (χ0) is 12.3. The highest BCUT2D eigenvalue weighted by Gasteiger charge is 1.94. The fraction of sp³-hybridized carbons (Fsp3) is 0.533. The highest BCUT2D eigenvalue weighted by molar-refractivity contribution is 5.29. The lowest BCUT2D eigenvalue weighted by molar-refractivity contribution is 0.304. The van der Waals surface area contributed by atoms with E-state index in [0.717, 1.165) is 25.2 Å². The van der Waals surface area contributed by atoms with Crippen molar-refractivity contribution in [2.45, 2.75) is 44.9 Å². The standard InChI is InChI=1S/C15H23O2/c1-2-3-4-5-6-7-8-13-17-15-11-9-14(16)10-12-15/h9-12,16H,1-8,13H2. The number of hydrogen-bond donors (Lipinski definition) is 1. The van der Waals surface area contributed by atoms with Gasteiger partial charge < -0.3 is 9.84 Å². The largest absolute Gasteiger partial charge is 0.508 e. The van der Waals surface area contributed by atoms with Crippen LogP contribution >= 0.6 is 0 Å². The van der Waals surface area contributed by atoms with Crippen LogP contribution < -0.4 is 4.74 Å². The minimum absolute atomic E-state index is 0.280. The third-order valence-electron chi connectivity index (χ3n) is 2.75. The number of aromatic hydroxyl groups is 1. The summed E-state index contributed by atoms with van der Waals surface area (Å²) in [6.45, 7) is 4.60. The number of rotatable bonds is 9. The molecule has 2 heteroatoms. The van der Waals surface area contributed by atoms with Crippen LogP contribution in [-0.4, -0.2) is 11.7 Å². The van der Waals surface area contributed by atoms with Gasteiger partial charge in [-0.3, -0.25) is 0 Å². The third-order valence-corrected chi connectivity index (χ3v) is 2.75. The van der Waals surface area contributed by atoms with E-state index in [1.807, 2.05) is 0 Å². The lowest BCUT2D eigenvalue weighted by atomic mass is 10.1. The summed E-state index contributed by atoms with van der Waals surface area (Å²) < 4.78 is 5.57. The van der Waals surface area contributed by atoms with Crippen molar-refractivity contribution in [3.63, 3.8) is 0 Å². The number of phenols is 1. The van der Waals surface area contributed by atoms with Crippen molar-refractivity contribution in [1.29, 1.82) is 0 Å². The van der Waals surface area contributed by atoms with Gasteiger partial charge in [0.15, 0.2) is 0 Å². The molecule has 0 fully saturated rings. The molecule has 0 saturated heterocycles. The number of hydrogen-bond acceptors (Lipinski definition) is 2. The van der Waals surface area contributed by atoms with Crippen LogP contribution in [0.5, 0.6) is 11.5 Å². The zero-order valence-corrected chi connectivity index (χ0v) is 10.5. The van der Waals surface area contributed by atoms with E-state index >= 15 is 0 Å². The molecule has 0 heterocycles. The predicted octanol–water partition coefficient (Wildman–Crippen LogP) is 4.34. The molecule has 2 nitrogen and oxygen atoms in total. The van der Waals surface area contributed by atoms with Gasteiger partial charge in [0.25, 0.3) is 0 Å². The first-order chi connectivity index (χ1) is 8.33. The Kier molecular flexibility index (Phi) is 7.28. The first-order valence-electron chi connectivity index (χ1n) is 6.54. The molecule has 0 bridgehead atoms. The van der Waals surface area contributed by atoms with Crippen LogP contribution in [0.4, 0.5) is 0 Å². The van der Waals surface area contributed by atoms with Crippen LogP contribution in [0.3, 0.4) is 0 Å². The van der Waals surface area contributed by atoms with Gasteiger partial charge in [0.05, 0.1) is 6.61 Å². The van der Waals surface area contributed by atoms with Gasteiger partial charge in [-0.05, 0) is 30.7 Å². The van der Waals surface area contributed by atoms with Gasteiger partial charge in [-0.15, -0.1) is 0 Å². The van der Waals surface area contributed by atoms with Gasteiger partial charge in [0.1, 0.15) is 11.5 Å². The Morgan fingerprint density at radius 2 is 1.47 bits per heavy atom. The molecule has 0 amide bonds. The van der Waals surface area contributed by atoms with Gasteiger partial charge in [0, 0.05) is 0 Å². The van der Waals surface area contributed by atoms with E-state index in [9.17, 15) is 0 Å². The highest BCUT2D eigenvalue weighted by Crippen LogP contribution is 2.16. The summed E-state index contributed by atoms with van der Waals surface area (Å²) >= 11 is 0. The van der Waals surface area contributed by atoms with Crippen LogP contribution in [0.2, 0.25) is 0 Å². The van der Waals surface area contributed by atoms with E-state index in [-0.39, 0.29) is 5.75 Å². The number of benzene rings is 1. The Hall–Kier alpha value is -1.18. The maximum atomic E-state index is 9.11. The van der Waals surface area contributed by atoms with Crippen LogP contribution in [0.15, 0.2) is 24.3 Å². The molecule has 1 rings (SSSR count). The van der Waals surface area contributed by atoms with E-state index in [0.29, 0.717) is 0 Å². The first kappa shape index (κ1) is 13.9. The second kappa shape index (κ2) is 8.91. The molecule has 0 aromatic heterocycles. The van der Waals surface area contributed by atoms with Crippen LogP contribution in [-0.2, 0) is 0 Å². The average molecular weight is 235 g/mol. The molecule has 1 aromatic rings. The quantitative estimate of drug-likeness (QED) is 0.645. The van der Waals surface area contributed by atoms with E-state index in [1.54, 1.807) is 24.3 Å². The molecule has 95 valence electrons. The summed E-state index contributed by atoms with van der Waals surface area (Å²) in [4.78, 5) is 0. The third kappa shape index (κ3) is 6.88. The molecule has 1 aromatic carbocycles. The fourth-order valence-corrected chi connectivity index (χ4v) is 1.72. The highest BCUT2D eigenvalue weighted by atomic mass is 16.5. The molecule has 17 heavy (non-hydrogen) atoms. The van der Waals surface area contributed by atoms with Crippen molar-refractivity contribution >= 4 is 0 Å². The maximum Gasteiger partial charge on any atom is 0.119 e. The Morgan fingerprint density at radius 1 is 0.882 bits per heavy atom. The number of phenolic OH excluding ortho intramolecular Hbond substituents is 1. The smallest absolute Gasteiger partial charge is 0.119 e. The monoisotopic (exact) mass is 235 g/mol. The molecule has 0 aliphatic rings. The van der Waals surface area contributed by atoms with Crippen LogP contribution in [0.1, 0.15) is 44.9 Å². The molecule has 0 aliphatic heterocycles.